The lowest BCUT2D eigenvalue weighted by Gasteiger charge is -2.33. The molecule has 1 aromatic carbocycles. The molecule has 37 heavy (non-hydrogen) atoms. The molecule has 0 bridgehead atoms. The Morgan fingerprint density at radius 2 is 1.92 bits per heavy atom. The molecule has 5 rings (SSSR count). The van der Waals surface area contributed by atoms with Crippen molar-refractivity contribution in [3.8, 4) is 12.3 Å². The summed E-state index contributed by atoms with van der Waals surface area (Å²) < 4.78 is 45.3. The first-order valence-electron chi connectivity index (χ1n) is 12.1. The van der Waals surface area contributed by atoms with Crippen LogP contribution in [0.2, 0.25) is 5.02 Å². The molecular formula is C26H26ClF3N4O3. The molecule has 7 nitrogen and oxygen atoms in total. The number of hydrogen-bond acceptors (Lipinski definition) is 4. The number of rotatable bonds is 6. The molecule has 3 fully saturated rings. The minimum Gasteiger partial charge on any atom is -0.383 e. The van der Waals surface area contributed by atoms with Crippen LogP contribution in [0.25, 0.3) is 0 Å². The average molecular weight is 535 g/mol. The monoisotopic (exact) mass is 534 g/mol. The Labute approximate surface area is 216 Å². The fourth-order valence-corrected chi connectivity index (χ4v) is 6.05. The van der Waals surface area contributed by atoms with Crippen LogP contribution in [-0.4, -0.2) is 43.5 Å². The number of aliphatic hydroxyl groups is 1. The predicted octanol–water partition coefficient (Wildman–Crippen LogP) is 4.02. The van der Waals surface area contributed by atoms with Gasteiger partial charge < -0.3 is 20.3 Å². The molecule has 3 aliphatic carbocycles. The van der Waals surface area contributed by atoms with Crippen molar-refractivity contribution in [2.24, 2.45) is 18.9 Å². The number of terminal acetylenes is 1. The van der Waals surface area contributed by atoms with Gasteiger partial charge >= 0.3 is 5.92 Å². The predicted molar refractivity (Wildman–Crippen MR) is 130 cm³/mol. The number of halogens is 4. The Bertz CT molecular complexity index is 1300. The maximum absolute atomic E-state index is 15.1. The lowest BCUT2D eigenvalue weighted by Crippen LogP contribution is -2.58. The van der Waals surface area contributed by atoms with Crippen LogP contribution in [0.3, 0.4) is 0 Å². The van der Waals surface area contributed by atoms with Crippen LogP contribution in [0.15, 0.2) is 24.5 Å². The van der Waals surface area contributed by atoms with Crippen molar-refractivity contribution in [3.63, 3.8) is 0 Å². The summed E-state index contributed by atoms with van der Waals surface area (Å²) >= 11 is 5.81. The minimum absolute atomic E-state index is 0.129. The SMILES string of the molecule is C#CC1(NC(=O)C(F)(F)C2(O)CC3CC(c4ncn(C)c4C(=O)Nc4ccc(F)c(Cl)c4)CC3C2)CC1. The molecule has 2 aromatic rings. The van der Waals surface area contributed by atoms with E-state index < -0.39 is 34.7 Å². The Kier molecular flexibility index (Phi) is 6.07. The molecule has 2 amide bonds. The zero-order chi connectivity index (χ0) is 26.8. The quantitative estimate of drug-likeness (QED) is 0.488. The number of anilines is 1. The normalized spacial score (nSPS) is 27.9. The number of amides is 2. The van der Waals surface area contributed by atoms with E-state index in [1.54, 1.807) is 11.6 Å². The molecular weight excluding hydrogens is 509 g/mol. The summed E-state index contributed by atoms with van der Waals surface area (Å²) in [6.45, 7) is 0. The lowest BCUT2D eigenvalue weighted by molar-refractivity contribution is -0.193. The maximum atomic E-state index is 15.1. The topological polar surface area (TPSA) is 96.2 Å². The zero-order valence-corrected chi connectivity index (χ0v) is 20.8. The van der Waals surface area contributed by atoms with Crippen LogP contribution in [0, 0.1) is 30.0 Å². The van der Waals surface area contributed by atoms with Gasteiger partial charge in [0.15, 0.2) is 0 Å². The first-order valence-corrected chi connectivity index (χ1v) is 12.4. The summed E-state index contributed by atoms with van der Waals surface area (Å²) in [6, 6.07) is 3.84. The van der Waals surface area contributed by atoms with E-state index in [4.69, 9.17) is 18.0 Å². The van der Waals surface area contributed by atoms with Gasteiger partial charge in [0, 0.05) is 18.7 Å². The number of nitrogens with zero attached hydrogens (tertiary/aromatic N) is 2. The molecule has 0 spiro atoms. The first-order chi connectivity index (χ1) is 17.4. The van der Waals surface area contributed by atoms with Crippen LogP contribution in [0.5, 0.6) is 0 Å². The van der Waals surface area contributed by atoms with Crippen molar-refractivity contribution >= 4 is 29.1 Å². The smallest absolute Gasteiger partial charge is 0.352 e. The fraction of sp³-hybridized carbons (Fsp3) is 0.500. The van der Waals surface area contributed by atoms with Crippen LogP contribution in [0.1, 0.15) is 60.6 Å². The summed E-state index contributed by atoms with van der Waals surface area (Å²) in [5.74, 6) is -4.94. The van der Waals surface area contributed by atoms with Crippen molar-refractivity contribution in [2.75, 3.05) is 5.32 Å². The summed E-state index contributed by atoms with van der Waals surface area (Å²) in [5, 5.41) is 15.7. The zero-order valence-electron chi connectivity index (χ0n) is 20.0. The number of carbonyl (C=O) groups is 2. The largest absolute Gasteiger partial charge is 0.383 e. The van der Waals surface area contributed by atoms with Gasteiger partial charge in [-0.25, -0.2) is 9.37 Å². The Morgan fingerprint density at radius 1 is 1.27 bits per heavy atom. The Morgan fingerprint density at radius 3 is 2.49 bits per heavy atom. The van der Waals surface area contributed by atoms with Gasteiger partial charge in [0.2, 0.25) is 0 Å². The van der Waals surface area contributed by atoms with E-state index in [-0.39, 0.29) is 35.6 Å². The molecule has 2 atom stereocenters. The third kappa shape index (κ3) is 4.38. The van der Waals surface area contributed by atoms with Crippen LogP contribution < -0.4 is 10.6 Å². The summed E-state index contributed by atoms with van der Waals surface area (Å²) in [4.78, 5) is 29.9. The molecule has 1 heterocycles. The average Bonchev–Trinajstić information content (AvgIpc) is 3.15. The van der Waals surface area contributed by atoms with Crippen molar-refractivity contribution < 1.29 is 27.9 Å². The number of benzene rings is 1. The van der Waals surface area contributed by atoms with Crippen molar-refractivity contribution in [3.05, 3.63) is 46.8 Å². The molecule has 0 radical (unpaired) electrons. The van der Waals surface area contributed by atoms with E-state index in [0.717, 1.165) is 6.07 Å². The van der Waals surface area contributed by atoms with E-state index in [1.807, 2.05) is 0 Å². The van der Waals surface area contributed by atoms with Crippen molar-refractivity contribution in [1.29, 1.82) is 0 Å². The second kappa shape index (κ2) is 8.77. The highest BCUT2D eigenvalue weighted by Gasteiger charge is 2.65. The molecule has 1 aromatic heterocycles. The highest BCUT2D eigenvalue weighted by Crippen LogP contribution is 2.57. The molecule has 2 unspecified atom stereocenters. The first kappa shape index (κ1) is 25.6. The second-order valence-electron chi connectivity index (χ2n) is 10.6. The van der Waals surface area contributed by atoms with Gasteiger partial charge in [0.25, 0.3) is 11.8 Å². The number of imidazole rings is 1. The molecule has 3 saturated carbocycles. The summed E-state index contributed by atoms with van der Waals surface area (Å²) in [5.41, 5.74) is -2.36. The van der Waals surface area contributed by atoms with E-state index in [1.165, 1.54) is 18.5 Å². The number of hydrogen-bond donors (Lipinski definition) is 3. The molecule has 11 heteroatoms. The van der Waals surface area contributed by atoms with E-state index in [2.05, 4.69) is 21.5 Å². The number of alkyl halides is 2. The summed E-state index contributed by atoms with van der Waals surface area (Å²) in [6.07, 6.45) is 8.14. The molecule has 0 aliphatic heterocycles. The lowest BCUT2D eigenvalue weighted by atomic mass is 9.87. The van der Waals surface area contributed by atoms with Crippen LogP contribution in [0.4, 0.5) is 18.9 Å². The van der Waals surface area contributed by atoms with E-state index in [0.29, 0.717) is 42.8 Å². The third-order valence-electron chi connectivity index (χ3n) is 8.03. The van der Waals surface area contributed by atoms with Gasteiger partial charge in [-0.2, -0.15) is 8.78 Å². The number of aromatic nitrogens is 2. The highest BCUT2D eigenvalue weighted by molar-refractivity contribution is 6.31. The highest BCUT2D eigenvalue weighted by atomic mass is 35.5. The van der Waals surface area contributed by atoms with Gasteiger partial charge in [-0.1, -0.05) is 17.5 Å². The second-order valence-corrected chi connectivity index (χ2v) is 11.0. The van der Waals surface area contributed by atoms with E-state index >= 15 is 8.78 Å². The van der Waals surface area contributed by atoms with Gasteiger partial charge in [0.05, 0.1) is 17.0 Å². The van der Waals surface area contributed by atoms with Gasteiger partial charge in [-0.05, 0) is 68.6 Å². The number of nitrogens with one attached hydrogen (secondary N) is 2. The standard InChI is InChI=1S/C26H26ClF3N4O3/c1-3-24(6-7-24)33-23(36)26(29,30)25(37)11-15-8-14(9-16(15)12-25)20-21(34(2)13-31-20)22(35)32-17-4-5-19(28)18(27)10-17/h1,4-5,10,13-16,37H,6-9,11-12H2,2H3,(H,32,35)(H,33,36). The van der Waals surface area contributed by atoms with Gasteiger partial charge in [0.1, 0.15) is 22.7 Å². The van der Waals surface area contributed by atoms with Crippen molar-refractivity contribution in [2.45, 2.75) is 61.5 Å². The fourth-order valence-electron chi connectivity index (χ4n) is 5.87. The van der Waals surface area contributed by atoms with E-state index in [9.17, 15) is 19.1 Å². The minimum atomic E-state index is -3.98. The van der Waals surface area contributed by atoms with Crippen molar-refractivity contribution in [1.82, 2.24) is 14.9 Å². The number of aryl methyl sites for hydroxylation is 1. The molecule has 196 valence electrons. The summed E-state index contributed by atoms with van der Waals surface area (Å²) in [7, 11) is 1.67. The third-order valence-corrected chi connectivity index (χ3v) is 8.32. The number of carbonyl (C=O) groups excluding carboxylic acids is 2. The molecule has 3 aliphatic rings. The molecule has 0 saturated heterocycles. The number of fused-ring (bicyclic) bond motifs is 1. The van der Waals surface area contributed by atoms with Crippen LogP contribution in [-0.2, 0) is 11.8 Å². The van der Waals surface area contributed by atoms with Gasteiger partial charge in [-0.15, -0.1) is 6.42 Å². The van der Waals surface area contributed by atoms with Crippen LogP contribution >= 0.6 is 11.6 Å². The van der Waals surface area contributed by atoms with Gasteiger partial charge in [-0.3, -0.25) is 9.59 Å². The molecule has 3 N–H and O–H groups in total. The Balaban J connectivity index is 1.28. The Hall–Kier alpha value is -3.03. The maximum Gasteiger partial charge on any atom is 0.352 e.